The third kappa shape index (κ3) is 7.30. The second-order valence-corrected chi connectivity index (χ2v) is 11.7. The highest BCUT2D eigenvalue weighted by atomic mass is 35.5. The maximum Gasteiger partial charge on any atom is 0.264 e. The van der Waals surface area contributed by atoms with E-state index in [0.29, 0.717) is 38.8 Å². The van der Waals surface area contributed by atoms with Crippen LogP contribution in [0, 0.1) is 6.92 Å². The fourth-order valence-corrected chi connectivity index (χ4v) is 5.99. The molecule has 0 spiro atoms. The molecule has 0 radical (unpaired) electrons. The van der Waals surface area contributed by atoms with Crippen molar-refractivity contribution in [2.75, 3.05) is 23.1 Å². The van der Waals surface area contributed by atoms with Crippen molar-refractivity contribution in [3.63, 3.8) is 0 Å². The molecule has 0 aliphatic rings. The number of hydrogen-bond donors (Lipinski definition) is 1. The average molecular weight is 558 g/mol. The first-order valence-corrected chi connectivity index (χ1v) is 14.0. The van der Waals surface area contributed by atoms with Crippen LogP contribution in [0.4, 0.5) is 5.69 Å². The number of benzene rings is 3. The van der Waals surface area contributed by atoms with Crippen LogP contribution in [0.1, 0.15) is 11.1 Å². The number of thioether (sulfide) groups is 1. The van der Waals surface area contributed by atoms with Crippen LogP contribution in [-0.4, -0.2) is 33.2 Å². The minimum absolute atomic E-state index is 0.0562. The van der Waals surface area contributed by atoms with Gasteiger partial charge in [0, 0.05) is 33.1 Å². The molecule has 34 heavy (non-hydrogen) atoms. The van der Waals surface area contributed by atoms with Gasteiger partial charge in [-0.1, -0.05) is 58.6 Å². The quantitative estimate of drug-likeness (QED) is 0.301. The largest absolute Gasteiger partial charge is 0.354 e. The monoisotopic (exact) mass is 556 g/mol. The molecule has 1 N–H and O–H groups in total. The van der Waals surface area contributed by atoms with Crippen molar-refractivity contribution in [2.45, 2.75) is 17.6 Å². The van der Waals surface area contributed by atoms with E-state index in [1.807, 2.05) is 13.0 Å². The second kappa shape index (κ2) is 12.2. The van der Waals surface area contributed by atoms with Crippen molar-refractivity contribution in [3.05, 3.63) is 92.9 Å². The summed E-state index contributed by atoms with van der Waals surface area (Å²) in [4.78, 5) is 12.7. The molecule has 0 heterocycles. The molecule has 0 saturated heterocycles. The van der Waals surface area contributed by atoms with Crippen LogP contribution >= 0.6 is 46.6 Å². The van der Waals surface area contributed by atoms with Crippen LogP contribution in [0.3, 0.4) is 0 Å². The number of sulfonamides is 1. The molecule has 3 aromatic carbocycles. The molecule has 0 unspecified atom stereocenters. The van der Waals surface area contributed by atoms with Gasteiger partial charge in [-0.15, -0.1) is 0 Å². The summed E-state index contributed by atoms with van der Waals surface area (Å²) in [5.41, 5.74) is 2.35. The van der Waals surface area contributed by atoms with Crippen molar-refractivity contribution in [3.8, 4) is 0 Å². The minimum Gasteiger partial charge on any atom is -0.354 e. The van der Waals surface area contributed by atoms with Crippen LogP contribution in [0.25, 0.3) is 0 Å². The first-order valence-electron chi connectivity index (χ1n) is 10.3. The molecule has 0 saturated carbocycles. The lowest BCUT2D eigenvalue weighted by atomic mass is 10.2. The summed E-state index contributed by atoms with van der Waals surface area (Å²) < 4.78 is 27.8. The molecular weight excluding hydrogens is 535 g/mol. The van der Waals surface area contributed by atoms with Gasteiger partial charge in [-0.2, -0.15) is 11.8 Å². The fourth-order valence-electron chi connectivity index (χ4n) is 3.03. The Bertz CT molecular complexity index is 1240. The number of amides is 1. The molecule has 3 aromatic rings. The average Bonchev–Trinajstić information content (AvgIpc) is 2.79. The van der Waals surface area contributed by atoms with Crippen molar-refractivity contribution < 1.29 is 13.2 Å². The summed E-state index contributed by atoms with van der Waals surface area (Å²) in [6, 6.07) is 18.2. The summed E-state index contributed by atoms with van der Waals surface area (Å²) in [7, 11) is -3.98. The van der Waals surface area contributed by atoms with Gasteiger partial charge in [-0.25, -0.2) is 8.42 Å². The number of nitrogens with one attached hydrogen (secondary N) is 1. The van der Waals surface area contributed by atoms with Crippen LogP contribution in [-0.2, 0) is 20.6 Å². The topological polar surface area (TPSA) is 66.5 Å². The standard InChI is InChI=1S/C24H23Cl3N2O3S2/c1-17-2-8-21(9-3-17)29(34(31,32)22-10-6-19(25)7-11-22)15-24(30)28-12-13-33-16-18-4-5-20(26)14-23(18)27/h2-11,14H,12-13,15-16H2,1H3,(H,28,30). The molecule has 0 aliphatic heterocycles. The van der Waals surface area contributed by atoms with Gasteiger partial charge < -0.3 is 5.32 Å². The smallest absolute Gasteiger partial charge is 0.264 e. The van der Waals surface area contributed by atoms with Crippen LogP contribution in [0.15, 0.2) is 71.6 Å². The highest BCUT2D eigenvalue weighted by molar-refractivity contribution is 7.98. The predicted octanol–water partition coefficient (Wildman–Crippen LogP) is 6.20. The Hall–Kier alpha value is -1.90. The highest BCUT2D eigenvalue weighted by Crippen LogP contribution is 2.26. The lowest BCUT2D eigenvalue weighted by molar-refractivity contribution is -0.119. The Morgan fingerprint density at radius 3 is 2.24 bits per heavy atom. The Morgan fingerprint density at radius 1 is 0.941 bits per heavy atom. The lowest BCUT2D eigenvalue weighted by Crippen LogP contribution is -2.41. The van der Waals surface area contributed by atoms with E-state index in [2.05, 4.69) is 5.32 Å². The molecule has 5 nitrogen and oxygen atoms in total. The van der Waals surface area contributed by atoms with Gasteiger partial charge in [-0.3, -0.25) is 9.10 Å². The van der Waals surface area contributed by atoms with Crippen LogP contribution in [0.5, 0.6) is 0 Å². The Kier molecular flexibility index (Phi) is 9.56. The van der Waals surface area contributed by atoms with Crippen LogP contribution in [0.2, 0.25) is 15.1 Å². The van der Waals surface area contributed by atoms with Gasteiger partial charge in [0.05, 0.1) is 10.6 Å². The van der Waals surface area contributed by atoms with Crippen molar-refractivity contribution in [1.29, 1.82) is 0 Å². The van der Waals surface area contributed by atoms with Gasteiger partial charge in [0.25, 0.3) is 10.0 Å². The molecule has 0 atom stereocenters. The number of nitrogens with zero attached hydrogens (tertiary/aromatic N) is 1. The SMILES string of the molecule is Cc1ccc(N(CC(=O)NCCSCc2ccc(Cl)cc2Cl)S(=O)(=O)c2ccc(Cl)cc2)cc1. The molecule has 180 valence electrons. The molecule has 1 amide bonds. The number of aryl methyl sites for hydroxylation is 1. The summed E-state index contributed by atoms with van der Waals surface area (Å²) in [6.45, 7) is 1.95. The summed E-state index contributed by atoms with van der Waals surface area (Å²) in [5.74, 6) is 0.911. The zero-order valence-corrected chi connectivity index (χ0v) is 22.2. The van der Waals surface area contributed by atoms with E-state index in [1.54, 1.807) is 48.2 Å². The number of hydrogen-bond acceptors (Lipinski definition) is 4. The Balaban J connectivity index is 1.63. The second-order valence-electron chi connectivity index (χ2n) is 7.44. The van der Waals surface area contributed by atoms with E-state index < -0.39 is 15.9 Å². The third-order valence-electron chi connectivity index (χ3n) is 4.85. The summed E-state index contributed by atoms with van der Waals surface area (Å²) in [6.07, 6.45) is 0. The van der Waals surface area contributed by atoms with E-state index in [4.69, 9.17) is 34.8 Å². The van der Waals surface area contributed by atoms with E-state index in [0.717, 1.165) is 15.4 Å². The number of carbonyl (C=O) groups is 1. The van der Waals surface area contributed by atoms with Gasteiger partial charge in [0.2, 0.25) is 5.91 Å². The maximum absolute atomic E-state index is 13.3. The van der Waals surface area contributed by atoms with Crippen LogP contribution < -0.4 is 9.62 Å². The minimum atomic E-state index is -3.98. The van der Waals surface area contributed by atoms with Gasteiger partial charge >= 0.3 is 0 Å². The molecule has 3 rings (SSSR count). The molecule has 0 aromatic heterocycles. The van der Waals surface area contributed by atoms with E-state index in [9.17, 15) is 13.2 Å². The zero-order chi connectivity index (χ0) is 24.7. The third-order valence-corrected chi connectivity index (χ3v) is 8.49. The van der Waals surface area contributed by atoms with Crippen molar-refractivity contribution in [1.82, 2.24) is 5.32 Å². The number of halogens is 3. The molecule has 0 bridgehead atoms. The number of carbonyl (C=O) groups excluding carboxylic acids is 1. The van der Waals surface area contributed by atoms with Crippen molar-refractivity contribution >= 4 is 68.2 Å². The van der Waals surface area contributed by atoms with Crippen molar-refractivity contribution in [2.24, 2.45) is 0 Å². The summed E-state index contributed by atoms with van der Waals surface area (Å²) in [5, 5.41) is 4.41. The normalized spacial score (nSPS) is 11.3. The lowest BCUT2D eigenvalue weighted by Gasteiger charge is -2.24. The molecular formula is C24H23Cl3N2O3S2. The first-order chi connectivity index (χ1) is 16.2. The fraction of sp³-hybridized carbons (Fsp3) is 0.208. The maximum atomic E-state index is 13.3. The first kappa shape index (κ1) is 26.7. The molecule has 10 heteroatoms. The van der Waals surface area contributed by atoms with E-state index >= 15 is 0 Å². The summed E-state index contributed by atoms with van der Waals surface area (Å²) >= 11 is 19.6. The van der Waals surface area contributed by atoms with E-state index in [1.165, 1.54) is 24.3 Å². The van der Waals surface area contributed by atoms with Gasteiger partial charge in [-0.05, 0) is 61.0 Å². The highest BCUT2D eigenvalue weighted by Gasteiger charge is 2.27. The Morgan fingerprint density at radius 2 is 1.59 bits per heavy atom. The Labute approximate surface area is 219 Å². The van der Waals surface area contributed by atoms with Gasteiger partial charge in [0.1, 0.15) is 6.54 Å². The number of anilines is 1. The van der Waals surface area contributed by atoms with E-state index in [-0.39, 0.29) is 11.4 Å². The molecule has 0 fully saturated rings. The predicted molar refractivity (Wildman–Crippen MR) is 143 cm³/mol. The van der Waals surface area contributed by atoms with Gasteiger partial charge in [0.15, 0.2) is 0 Å². The zero-order valence-electron chi connectivity index (χ0n) is 18.3. The number of rotatable bonds is 10. The molecule has 0 aliphatic carbocycles.